The molecule has 0 saturated carbocycles. The van der Waals surface area contributed by atoms with Crippen molar-refractivity contribution in [2.45, 2.75) is 12.5 Å². The Balaban J connectivity index is 0.00000256. The predicted molar refractivity (Wildman–Crippen MR) is 113 cm³/mol. The van der Waals surface area contributed by atoms with E-state index in [0.717, 1.165) is 5.56 Å². The number of carbonyl (C=O) groups excluding carboxylic acids is 1. The van der Waals surface area contributed by atoms with E-state index < -0.39 is 5.82 Å². The van der Waals surface area contributed by atoms with Crippen LogP contribution in [0.2, 0.25) is 5.02 Å². The van der Waals surface area contributed by atoms with Crippen LogP contribution in [0.5, 0.6) is 5.88 Å². The summed E-state index contributed by atoms with van der Waals surface area (Å²) in [6.45, 7) is 2.19. The van der Waals surface area contributed by atoms with Crippen LogP contribution in [0.3, 0.4) is 0 Å². The van der Waals surface area contributed by atoms with Crippen LogP contribution in [0.1, 0.15) is 23.8 Å². The molecule has 2 aliphatic rings. The normalized spacial score (nSPS) is 21.3. The number of ether oxygens (including phenoxy) is 2. The third kappa shape index (κ3) is 5.26. The smallest absolute Gasteiger partial charge is 0.246 e. The van der Waals surface area contributed by atoms with Gasteiger partial charge in [-0.3, -0.25) is 4.79 Å². The summed E-state index contributed by atoms with van der Waals surface area (Å²) in [7, 11) is 0. The zero-order valence-corrected chi connectivity index (χ0v) is 17.5. The number of benzene rings is 1. The molecule has 30 heavy (non-hydrogen) atoms. The van der Waals surface area contributed by atoms with Gasteiger partial charge in [0.2, 0.25) is 11.8 Å². The van der Waals surface area contributed by atoms with Gasteiger partial charge in [-0.05, 0) is 23.8 Å². The summed E-state index contributed by atoms with van der Waals surface area (Å²) < 4.78 is 25.8. The van der Waals surface area contributed by atoms with E-state index in [9.17, 15) is 9.18 Å². The van der Waals surface area contributed by atoms with Gasteiger partial charge >= 0.3 is 0 Å². The highest BCUT2D eigenvalue weighted by atomic mass is 35.5. The standard InChI is InChI=1S/C20H20ClFN4O3.ClH/c21-14-5-4-12(8-15(14)22)20-13(10-23-6-7-28-20)11-29-19-3-1-2-16(24-19)17-9-18(27)26-25-17;/h1-5,8,13,20,23H,6-7,9-11H2,(H,26,27);1H/t13-,20-;/m0./s1. The monoisotopic (exact) mass is 454 g/mol. The van der Waals surface area contributed by atoms with Crippen molar-refractivity contribution in [3.63, 3.8) is 0 Å². The highest BCUT2D eigenvalue weighted by Crippen LogP contribution is 2.30. The van der Waals surface area contributed by atoms with Gasteiger partial charge in [-0.1, -0.05) is 23.7 Å². The van der Waals surface area contributed by atoms with Gasteiger partial charge in [-0.2, -0.15) is 5.10 Å². The fourth-order valence-corrected chi connectivity index (χ4v) is 3.47. The molecule has 1 amide bonds. The molecule has 0 aliphatic carbocycles. The number of rotatable bonds is 5. The van der Waals surface area contributed by atoms with Gasteiger partial charge in [0.15, 0.2) is 0 Å². The Bertz CT molecular complexity index is 944. The molecule has 0 radical (unpaired) electrons. The maximum atomic E-state index is 13.9. The largest absolute Gasteiger partial charge is 0.477 e. The van der Waals surface area contributed by atoms with E-state index in [-0.39, 0.29) is 41.8 Å². The van der Waals surface area contributed by atoms with Crippen LogP contribution in [0.4, 0.5) is 4.39 Å². The molecule has 160 valence electrons. The van der Waals surface area contributed by atoms with Gasteiger partial charge < -0.3 is 14.8 Å². The Hall–Kier alpha value is -2.26. The number of nitrogens with zero attached hydrogens (tertiary/aromatic N) is 2. The molecule has 2 aromatic rings. The first-order valence-corrected chi connectivity index (χ1v) is 9.71. The number of pyridine rings is 1. The summed E-state index contributed by atoms with van der Waals surface area (Å²) >= 11 is 5.81. The predicted octanol–water partition coefficient (Wildman–Crippen LogP) is 2.88. The topological polar surface area (TPSA) is 84.8 Å². The third-order valence-electron chi connectivity index (χ3n) is 4.79. The summed E-state index contributed by atoms with van der Waals surface area (Å²) in [5, 5.41) is 7.37. The highest BCUT2D eigenvalue weighted by molar-refractivity contribution is 6.30. The number of hydrogen-bond donors (Lipinski definition) is 2. The Kier molecular flexibility index (Phi) is 7.60. The minimum absolute atomic E-state index is 0. The molecule has 1 saturated heterocycles. The maximum Gasteiger partial charge on any atom is 0.246 e. The lowest BCUT2D eigenvalue weighted by molar-refractivity contribution is -0.119. The van der Waals surface area contributed by atoms with Crippen LogP contribution in [0, 0.1) is 11.7 Å². The van der Waals surface area contributed by atoms with Crippen molar-refractivity contribution in [2.24, 2.45) is 11.0 Å². The molecule has 1 fully saturated rings. The lowest BCUT2D eigenvalue weighted by Crippen LogP contribution is -2.29. The second-order valence-electron chi connectivity index (χ2n) is 6.87. The van der Waals surface area contributed by atoms with Gasteiger partial charge in [-0.15, -0.1) is 12.4 Å². The van der Waals surface area contributed by atoms with Crippen molar-refractivity contribution in [1.29, 1.82) is 0 Å². The van der Waals surface area contributed by atoms with Gasteiger partial charge in [0.05, 0.1) is 42.2 Å². The molecule has 10 heteroatoms. The SMILES string of the molecule is Cl.O=C1CC(c2cccc(OC[C@@H]3CNCCO[C@H]3c3ccc(Cl)c(F)c3)n2)=NN1. The van der Waals surface area contributed by atoms with Crippen molar-refractivity contribution in [1.82, 2.24) is 15.7 Å². The number of nitrogens with one attached hydrogen (secondary N) is 2. The van der Waals surface area contributed by atoms with E-state index in [1.165, 1.54) is 12.1 Å². The lowest BCUT2D eigenvalue weighted by atomic mass is 9.96. The second-order valence-corrected chi connectivity index (χ2v) is 7.28. The van der Waals surface area contributed by atoms with Crippen LogP contribution in [-0.4, -0.2) is 42.9 Å². The molecule has 4 rings (SSSR count). The molecule has 0 bridgehead atoms. The van der Waals surface area contributed by atoms with Gasteiger partial charge in [0.1, 0.15) is 5.82 Å². The summed E-state index contributed by atoms with van der Waals surface area (Å²) in [5.74, 6) is -0.266. The molecule has 2 aliphatic heterocycles. The lowest BCUT2D eigenvalue weighted by Gasteiger charge is -2.25. The van der Waals surface area contributed by atoms with Crippen molar-refractivity contribution < 1.29 is 18.7 Å². The van der Waals surface area contributed by atoms with E-state index in [0.29, 0.717) is 43.6 Å². The molecular formula is C20H21Cl2FN4O3. The summed E-state index contributed by atoms with van der Waals surface area (Å²) in [6, 6.07) is 10.0. The van der Waals surface area contributed by atoms with E-state index in [1.54, 1.807) is 24.3 Å². The van der Waals surface area contributed by atoms with Crippen molar-refractivity contribution in [3.8, 4) is 5.88 Å². The maximum absolute atomic E-state index is 13.9. The number of hydrazone groups is 1. The van der Waals surface area contributed by atoms with Crippen LogP contribution in [0.25, 0.3) is 0 Å². The minimum atomic E-state index is -0.473. The van der Waals surface area contributed by atoms with E-state index in [2.05, 4.69) is 20.8 Å². The number of hydrogen-bond acceptors (Lipinski definition) is 6. The molecule has 1 aromatic carbocycles. The Morgan fingerprint density at radius 3 is 2.93 bits per heavy atom. The molecule has 0 unspecified atom stereocenters. The summed E-state index contributed by atoms with van der Waals surface area (Å²) in [4.78, 5) is 15.8. The second kappa shape index (κ2) is 10.2. The molecule has 0 spiro atoms. The molecule has 1 aromatic heterocycles. The Labute approximate surface area is 184 Å². The molecular weight excluding hydrogens is 434 g/mol. The first-order valence-electron chi connectivity index (χ1n) is 9.33. The highest BCUT2D eigenvalue weighted by Gasteiger charge is 2.28. The zero-order chi connectivity index (χ0) is 20.2. The first kappa shape index (κ1) is 22.4. The van der Waals surface area contributed by atoms with Gasteiger partial charge in [-0.25, -0.2) is 14.8 Å². The number of aromatic nitrogens is 1. The van der Waals surface area contributed by atoms with Crippen molar-refractivity contribution in [3.05, 3.63) is 58.5 Å². The fraction of sp³-hybridized carbons (Fsp3) is 0.350. The van der Waals surface area contributed by atoms with E-state index in [4.69, 9.17) is 21.1 Å². The van der Waals surface area contributed by atoms with Crippen LogP contribution in [-0.2, 0) is 9.53 Å². The number of carbonyl (C=O) groups is 1. The minimum Gasteiger partial charge on any atom is -0.477 e. The van der Waals surface area contributed by atoms with E-state index in [1.807, 2.05) is 0 Å². The van der Waals surface area contributed by atoms with Crippen molar-refractivity contribution >= 4 is 35.6 Å². The molecule has 2 N–H and O–H groups in total. The summed E-state index contributed by atoms with van der Waals surface area (Å²) in [6.07, 6.45) is -0.137. The zero-order valence-electron chi connectivity index (χ0n) is 15.9. The third-order valence-corrected chi connectivity index (χ3v) is 5.10. The van der Waals surface area contributed by atoms with Crippen LogP contribution >= 0.6 is 24.0 Å². The van der Waals surface area contributed by atoms with Gasteiger partial charge in [0.25, 0.3) is 0 Å². The quantitative estimate of drug-likeness (QED) is 0.725. The van der Waals surface area contributed by atoms with E-state index >= 15 is 0 Å². The van der Waals surface area contributed by atoms with Crippen LogP contribution in [0.15, 0.2) is 41.5 Å². The Morgan fingerprint density at radius 2 is 2.17 bits per heavy atom. The average molecular weight is 455 g/mol. The Morgan fingerprint density at radius 1 is 1.30 bits per heavy atom. The van der Waals surface area contributed by atoms with Gasteiger partial charge in [0, 0.05) is 25.1 Å². The fourth-order valence-electron chi connectivity index (χ4n) is 3.35. The molecule has 3 heterocycles. The molecule has 2 atom stereocenters. The molecule has 7 nitrogen and oxygen atoms in total. The summed E-state index contributed by atoms with van der Waals surface area (Å²) in [5.41, 5.74) is 4.30. The number of halogens is 3. The number of amides is 1. The van der Waals surface area contributed by atoms with Crippen molar-refractivity contribution in [2.75, 3.05) is 26.3 Å². The average Bonchev–Trinajstić information content (AvgIpc) is 3.02. The van der Waals surface area contributed by atoms with Crippen LogP contribution < -0.4 is 15.5 Å². The first-order chi connectivity index (χ1) is 14.1.